The Morgan fingerprint density at radius 3 is 2.30 bits per heavy atom. The van der Waals surface area contributed by atoms with Crippen LogP contribution in [0.1, 0.15) is 33.2 Å². The standard InChI is InChI=1S/C21H16O2/c1-13-6-8-14(9-7-13)10-19-20(22)17-11-15-4-2-3-5-16(15)12-18(17)21(19)23/h2-12,20,22H,1H3/b19-10-. The van der Waals surface area contributed by atoms with Crippen molar-refractivity contribution in [1.29, 1.82) is 0 Å². The second kappa shape index (κ2) is 5.18. The molecule has 23 heavy (non-hydrogen) atoms. The number of benzene rings is 3. The predicted octanol–water partition coefficient (Wildman–Crippen LogP) is 4.46. The molecule has 0 radical (unpaired) electrons. The van der Waals surface area contributed by atoms with Crippen molar-refractivity contribution < 1.29 is 9.90 Å². The molecule has 1 aliphatic rings. The highest BCUT2D eigenvalue weighted by atomic mass is 16.3. The first kappa shape index (κ1) is 13.9. The van der Waals surface area contributed by atoms with Crippen molar-refractivity contribution in [2.24, 2.45) is 0 Å². The maximum Gasteiger partial charge on any atom is 0.192 e. The Hall–Kier alpha value is -2.71. The van der Waals surface area contributed by atoms with Crippen molar-refractivity contribution in [3.05, 3.63) is 88.5 Å². The van der Waals surface area contributed by atoms with E-state index in [9.17, 15) is 9.90 Å². The summed E-state index contributed by atoms with van der Waals surface area (Å²) in [6.07, 6.45) is 0.931. The summed E-state index contributed by atoms with van der Waals surface area (Å²) in [7, 11) is 0. The van der Waals surface area contributed by atoms with Crippen molar-refractivity contribution >= 4 is 22.6 Å². The molecule has 1 atom stereocenters. The van der Waals surface area contributed by atoms with Gasteiger partial charge in [-0.1, -0.05) is 54.1 Å². The summed E-state index contributed by atoms with van der Waals surface area (Å²) in [5.41, 5.74) is 3.84. The molecule has 0 bridgehead atoms. The number of hydrogen-bond acceptors (Lipinski definition) is 2. The van der Waals surface area contributed by atoms with Crippen molar-refractivity contribution in [2.45, 2.75) is 13.0 Å². The number of ketones is 1. The Bertz CT molecular complexity index is 949. The van der Waals surface area contributed by atoms with E-state index in [0.29, 0.717) is 16.7 Å². The lowest BCUT2D eigenvalue weighted by molar-refractivity contribution is 0.102. The average molecular weight is 300 g/mol. The quantitative estimate of drug-likeness (QED) is 0.674. The SMILES string of the molecule is Cc1ccc(/C=C2\C(=O)c3cc4ccccc4cc3C2O)cc1. The van der Waals surface area contributed by atoms with Crippen LogP contribution >= 0.6 is 0 Å². The summed E-state index contributed by atoms with van der Waals surface area (Å²) in [4.78, 5) is 12.7. The van der Waals surface area contributed by atoms with Crippen LogP contribution in [-0.4, -0.2) is 10.9 Å². The minimum atomic E-state index is -0.858. The van der Waals surface area contributed by atoms with Crippen LogP contribution in [0.25, 0.3) is 16.8 Å². The Morgan fingerprint density at radius 1 is 0.957 bits per heavy atom. The molecule has 0 aromatic heterocycles. The lowest BCUT2D eigenvalue weighted by Gasteiger charge is -2.06. The van der Waals surface area contributed by atoms with Crippen molar-refractivity contribution in [3.8, 4) is 0 Å². The fraction of sp³-hybridized carbons (Fsp3) is 0.0952. The summed E-state index contributed by atoms with van der Waals surface area (Å²) in [6, 6.07) is 19.6. The smallest absolute Gasteiger partial charge is 0.192 e. The number of rotatable bonds is 1. The fourth-order valence-corrected chi connectivity index (χ4v) is 3.11. The van der Waals surface area contributed by atoms with Crippen LogP contribution < -0.4 is 0 Å². The summed E-state index contributed by atoms with van der Waals surface area (Å²) >= 11 is 0. The van der Waals surface area contributed by atoms with Crippen molar-refractivity contribution in [2.75, 3.05) is 0 Å². The normalized spacial score (nSPS) is 18.6. The minimum absolute atomic E-state index is 0.0844. The molecule has 0 heterocycles. The molecule has 2 nitrogen and oxygen atoms in total. The molecule has 112 valence electrons. The fourth-order valence-electron chi connectivity index (χ4n) is 3.11. The van der Waals surface area contributed by atoms with Gasteiger partial charge in [-0.2, -0.15) is 0 Å². The first-order valence-corrected chi connectivity index (χ1v) is 7.67. The van der Waals surface area contributed by atoms with Gasteiger partial charge < -0.3 is 5.11 Å². The van der Waals surface area contributed by atoms with Gasteiger partial charge in [-0.25, -0.2) is 0 Å². The third-order valence-corrected chi connectivity index (χ3v) is 4.41. The summed E-state index contributed by atoms with van der Waals surface area (Å²) < 4.78 is 0. The number of hydrogen-bond donors (Lipinski definition) is 1. The number of carbonyl (C=O) groups excluding carboxylic acids is 1. The van der Waals surface area contributed by atoms with Crippen LogP contribution in [0.5, 0.6) is 0 Å². The number of Topliss-reactive ketones (excluding diaryl/α,β-unsaturated/α-hetero) is 1. The molecule has 2 heteroatoms. The zero-order valence-electron chi connectivity index (χ0n) is 12.8. The summed E-state index contributed by atoms with van der Waals surface area (Å²) in [5.74, 6) is -0.0844. The zero-order chi connectivity index (χ0) is 16.0. The van der Waals surface area contributed by atoms with E-state index in [-0.39, 0.29) is 5.78 Å². The average Bonchev–Trinajstić information content (AvgIpc) is 2.80. The van der Waals surface area contributed by atoms with Gasteiger partial charge in [0.25, 0.3) is 0 Å². The third kappa shape index (κ3) is 2.28. The van der Waals surface area contributed by atoms with Crippen molar-refractivity contribution in [3.63, 3.8) is 0 Å². The molecule has 0 aliphatic heterocycles. The monoisotopic (exact) mass is 300 g/mol. The van der Waals surface area contributed by atoms with Crippen LogP contribution in [0.3, 0.4) is 0 Å². The number of aliphatic hydroxyl groups excluding tert-OH is 1. The van der Waals surface area contributed by atoms with E-state index in [4.69, 9.17) is 0 Å². The van der Waals surface area contributed by atoms with Gasteiger partial charge in [0.1, 0.15) is 6.10 Å². The highest BCUT2D eigenvalue weighted by Gasteiger charge is 2.33. The molecule has 1 aliphatic carbocycles. The maximum atomic E-state index is 12.7. The Kier molecular flexibility index (Phi) is 3.14. The lowest BCUT2D eigenvalue weighted by atomic mass is 10.0. The van der Waals surface area contributed by atoms with Crippen LogP contribution in [-0.2, 0) is 0 Å². The van der Waals surface area contributed by atoms with Gasteiger partial charge >= 0.3 is 0 Å². The van der Waals surface area contributed by atoms with Crippen LogP contribution in [0, 0.1) is 6.92 Å². The Balaban J connectivity index is 1.84. The number of aryl methyl sites for hydroxylation is 1. The molecule has 3 aromatic rings. The van der Waals surface area contributed by atoms with Gasteiger partial charge in [0.2, 0.25) is 0 Å². The van der Waals surface area contributed by atoms with E-state index in [1.54, 1.807) is 6.08 Å². The van der Waals surface area contributed by atoms with Gasteiger partial charge in [0.15, 0.2) is 5.78 Å². The molecule has 0 fully saturated rings. The van der Waals surface area contributed by atoms with Crippen LogP contribution in [0.15, 0.2) is 66.2 Å². The molecular weight excluding hydrogens is 284 g/mol. The van der Waals surface area contributed by atoms with Gasteiger partial charge in [0.05, 0.1) is 0 Å². The summed E-state index contributed by atoms with van der Waals surface area (Å²) in [5, 5.41) is 12.7. The predicted molar refractivity (Wildman–Crippen MR) is 92.4 cm³/mol. The van der Waals surface area contributed by atoms with E-state index in [2.05, 4.69) is 0 Å². The second-order valence-corrected chi connectivity index (χ2v) is 6.03. The first-order valence-electron chi connectivity index (χ1n) is 7.67. The molecule has 0 saturated carbocycles. The highest BCUT2D eigenvalue weighted by Crippen LogP contribution is 2.38. The van der Waals surface area contributed by atoms with Gasteiger partial charge in [-0.3, -0.25) is 4.79 Å². The molecular formula is C21H16O2. The van der Waals surface area contributed by atoms with Crippen LogP contribution in [0.2, 0.25) is 0 Å². The molecule has 0 amide bonds. The summed E-state index contributed by atoms with van der Waals surface area (Å²) in [6.45, 7) is 2.02. The van der Waals surface area contributed by atoms with Gasteiger partial charge in [-0.15, -0.1) is 0 Å². The second-order valence-electron chi connectivity index (χ2n) is 6.03. The largest absolute Gasteiger partial charge is 0.383 e. The minimum Gasteiger partial charge on any atom is -0.383 e. The molecule has 1 N–H and O–H groups in total. The number of aliphatic hydroxyl groups is 1. The van der Waals surface area contributed by atoms with E-state index in [0.717, 1.165) is 16.3 Å². The van der Waals surface area contributed by atoms with E-state index in [1.807, 2.05) is 67.6 Å². The Morgan fingerprint density at radius 2 is 1.61 bits per heavy atom. The number of carbonyl (C=O) groups is 1. The molecule has 0 saturated heterocycles. The zero-order valence-corrected chi connectivity index (χ0v) is 12.8. The van der Waals surface area contributed by atoms with Gasteiger partial charge in [0, 0.05) is 11.1 Å². The first-order chi connectivity index (χ1) is 11.1. The van der Waals surface area contributed by atoms with E-state index < -0.39 is 6.10 Å². The van der Waals surface area contributed by atoms with Gasteiger partial charge in [-0.05, 0) is 47.0 Å². The number of fused-ring (bicyclic) bond motifs is 2. The maximum absolute atomic E-state index is 12.7. The molecule has 0 spiro atoms. The lowest BCUT2D eigenvalue weighted by Crippen LogP contribution is -1.99. The molecule has 4 rings (SSSR count). The third-order valence-electron chi connectivity index (χ3n) is 4.41. The molecule has 1 unspecified atom stereocenters. The van der Waals surface area contributed by atoms with E-state index in [1.165, 1.54) is 5.56 Å². The Labute approximate surface area is 134 Å². The highest BCUT2D eigenvalue weighted by molar-refractivity contribution is 6.17. The molecule has 3 aromatic carbocycles. The van der Waals surface area contributed by atoms with E-state index >= 15 is 0 Å². The van der Waals surface area contributed by atoms with Crippen molar-refractivity contribution in [1.82, 2.24) is 0 Å². The van der Waals surface area contributed by atoms with Crippen LogP contribution in [0.4, 0.5) is 0 Å². The topological polar surface area (TPSA) is 37.3 Å².